The number of ether oxygens (including phenoxy) is 1. The second-order valence-electron chi connectivity index (χ2n) is 2.68. The van der Waals surface area contributed by atoms with E-state index in [9.17, 15) is 13.2 Å². The van der Waals surface area contributed by atoms with Crippen molar-refractivity contribution >= 4 is 15.8 Å². The van der Waals surface area contributed by atoms with E-state index in [1.807, 2.05) is 0 Å². The fourth-order valence-electron chi connectivity index (χ4n) is 0.746. The first-order chi connectivity index (χ1) is 6.52. The van der Waals surface area contributed by atoms with Crippen LogP contribution in [-0.4, -0.2) is 39.5 Å². The van der Waals surface area contributed by atoms with Crippen LogP contribution in [0.4, 0.5) is 0 Å². The van der Waals surface area contributed by atoms with Gasteiger partial charge in [0.2, 0.25) is 0 Å². The maximum absolute atomic E-state index is 11.2. The molecular formula is C8H15NO4S. The van der Waals surface area contributed by atoms with Gasteiger partial charge in [0.25, 0.3) is 0 Å². The van der Waals surface area contributed by atoms with Crippen molar-refractivity contribution in [2.24, 2.45) is 5.73 Å². The Kier molecular flexibility index (Phi) is 6.14. The third kappa shape index (κ3) is 6.62. The lowest BCUT2D eigenvalue weighted by atomic mass is 10.5. The molecule has 0 rings (SSSR count). The highest BCUT2D eigenvalue weighted by atomic mass is 32.2. The maximum atomic E-state index is 11.2. The smallest absolute Gasteiger partial charge is 0.330 e. The van der Waals surface area contributed by atoms with Gasteiger partial charge in [0, 0.05) is 6.08 Å². The standard InChI is InChI=1S/C8H15NO4S/c1-13-8(10)4-2-6-14(11,12)7-3-5-9/h2,4H,3,5-7,9H2,1H3/b4-2+. The molecule has 0 saturated heterocycles. The minimum absolute atomic E-state index is 0.0506. The van der Waals surface area contributed by atoms with Gasteiger partial charge in [0.15, 0.2) is 9.84 Å². The highest BCUT2D eigenvalue weighted by molar-refractivity contribution is 7.91. The average Bonchev–Trinajstić information content (AvgIpc) is 2.14. The summed E-state index contributed by atoms with van der Waals surface area (Å²) in [7, 11) is -1.89. The van der Waals surface area contributed by atoms with E-state index in [1.54, 1.807) is 0 Å². The Balaban J connectivity index is 3.99. The van der Waals surface area contributed by atoms with Crippen LogP contribution >= 0.6 is 0 Å². The van der Waals surface area contributed by atoms with Gasteiger partial charge in [-0.2, -0.15) is 0 Å². The molecule has 0 aromatic heterocycles. The van der Waals surface area contributed by atoms with Crippen LogP contribution in [0.25, 0.3) is 0 Å². The van der Waals surface area contributed by atoms with Crippen molar-refractivity contribution in [3.05, 3.63) is 12.2 Å². The number of nitrogens with two attached hydrogens (primary N) is 1. The fourth-order valence-corrected chi connectivity index (χ4v) is 1.91. The molecule has 0 heterocycles. The van der Waals surface area contributed by atoms with Gasteiger partial charge in [-0.3, -0.25) is 0 Å². The topological polar surface area (TPSA) is 86.5 Å². The average molecular weight is 221 g/mol. The van der Waals surface area contributed by atoms with Crippen molar-refractivity contribution in [3.8, 4) is 0 Å². The molecule has 6 heteroatoms. The molecule has 0 spiro atoms. The van der Waals surface area contributed by atoms with Gasteiger partial charge in [0.1, 0.15) is 0 Å². The predicted octanol–water partition coefficient (Wildman–Crippen LogP) is -0.521. The summed E-state index contributed by atoms with van der Waals surface area (Å²) < 4.78 is 26.7. The maximum Gasteiger partial charge on any atom is 0.330 e. The molecule has 0 aliphatic carbocycles. The quantitative estimate of drug-likeness (QED) is 0.481. The molecule has 0 bridgehead atoms. The summed E-state index contributed by atoms with van der Waals surface area (Å²) in [4.78, 5) is 10.6. The minimum Gasteiger partial charge on any atom is -0.466 e. The van der Waals surface area contributed by atoms with Gasteiger partial charge in [-0.25, -0.2) is 13.2 Å². The zero-order valence-electron chi connectivity index (χ0n) is 8.10. The third-order valence-electron chi connectivity index (χ3n) is 1.46. The Labute approximate surface area is 83.8 Å². The summed E-state index contributed by atoms with van der Waals surface area (Å²) >= 11 is 0. The van der Waals surface area contributed by atoms with Crippen molar-refractivity contribution in [3.63, 3.8) is 0 Å². The van der Waals surface area contributed by atoms with Gasteiger partial charge in [-0.05, 0) is 13.0 Å². The Hall–Kier alpha value is -0.880. The monoisotopic (exact) mass is 221 g/mol. The Bertz CT molecular complexity index is 294. The Morgan fingerprint density at radius 1 is 1.50 bits per heavy atom. The molecule has 0 unspecified atom stereocenters. The predicted molar refractivity (Wildman–Crippen MR) is 53.5 cm³/mol. The number of methoxy groups -OCH3 is 1. The second-order valence-corrected chi connectivity index (χ2v) is 4.91. The first-order valence-electron chi connectivity index (χ1n) is 4.17. The molecule has 82 valence electrons. The molecule has 0 radical (unpaired) electrons. The van der Waals surface area contributed by atoms with Crippen LogP contribution in [0.1, 0.15) is 6.42 Å². The summed E-state index contributed by atoms with van der Waals surface area (Å²) in [5.74, 6) is -0.657. The molecule has 14 heavy (non-hydrogen) atoms. The molecule has 0 amide bonds. The number of carbonyl (C=O) groups is 1. The lowest BCUT2D eigenvalue weighted by Gasteiger charge is -1.98. The van der Waals surface area contributed by atoms with Crippen LogP contribution in [0.15, 0.2) is 12.2 Å². The normalized spacial score (nSPS) is 11.9. The summed E-state index contributed by atoms with van der Waals surface area (Å²) in [6.45, 7) is 0.347. The van der Waals surface area contributed by atoms with E-state index in [4.69, 9.17) is 5.73 Å². The first-order valence-corrected chi connectivity index (χ1v) is 5.99. The summed E-state index contributed by atoms with van der Waals surface area (Å²) in [5.41, 5.74) is 5.18. The van der Waals surface area contributed by atoms with E-state index in [-0.39, 0.29) is 11.5 Å². The summed E-state index contributed by atoms with van der Waals surface area (Å²) in [6.07, 6.45) is 2.81. The van der Waals surface area contributed by atoms with Crippen LogP contribution in [-0.2, 0) is 19.4 Å². The lowest BCUT2D eigenvalue weighted by Crippen LogP contribution is -2.13. The number of carbonyl (C=O) groups excluding carboxylic acids is 1. The number of hydrogen-bond donors (Lipinski definition) is 1. The van der Waals surface area contributed by atoms with Crippen molar-refractivity contribution < 1.29 is 17.9 Å². The molecule has 0 aromatic rings. The molecule has 0 aliphatic rings. The molecule has 0 saturated carbocycles. The van der Waals surface area contributed by atoms with Crippen LogP contribution in [0.3, 0.4) is 0 Å². The van der Waals surface area contributed by atoms with Gasteiger partial charge in [0.05, 0.1) is 18.6 Å². The van der Waals surface area contributed by atoms with Crippen LogP contribution < -0.4 is 5.73 Å². The second kappa shape index (κ2) is 6.56. The van der Waals surface area contributed by atoms with E-state index in [0.29, 0.717) is 13.0 Å². The first kappa shape index (κ1) is 13.1. The van der Waals surface area contributed by atoms with Gasteiger partial charge in [-0.15, -0.1) is 0 Å². The van der Waals surface area contributed by atoms with Crippen molar-refractivity contribution in [1.82, 2.24) is 0 Å². The zero-order valence-corrected chi connectivity index (χ0v) is 8.92. The Morgan fingerprint density at radius 3 is 2.64 bits per heavy atom. The summed E-state index contributed by atoms with van der Waals surface area (Å²) in [6, 6.07) is 0. The number of hydrogen-bond acceptors (Lipinski definition) is 5. The minimum atomic E-state index is -3.12. The molecule has 0 aliphatic heterocycles. The fraction of sp³-hybridized carbons (Fsp3) is 0.625. The number of sulfone groups is 1. The SMILES string of the molecule is COC(=O)/C=C/CS(=O)(=O)CCCN. The third-order valence-corrected chi connectivity index (χ3v) is 3.08. The molecule has 2 N–H and O–H groups in total. The molecule has 5 nitrogen and oxygen atoms in total. The van der Waals surface area contributed by atoms with Gasteiger partial charge < -0.3 is 10.5 Å². The van der Waals surface area contributed by atoms with Crippen LogP contribution in [0.2, 0.25) is 0 Å². The van der Waals surface area contributed by atoms with E-state index in [0.717, 1.165) is 6.08 Å². The molecule has 0 atom stereocenters. The van der Waals surface area contributed by atoms with Crippen molar-refractivity contribution in [2.75, 3.05) is 25.2 Å². The van der Waals surface area contributed by atoms with E-state index in [1.165, 1.54) is 13.2 Å². The van der Waals surface area contributed by atoms with Crippen molar-refractivity contribution in [2.45, 2.75) is 6.42 Å². The Morgan fingerprint density at radius 2 is 2.14 bits per heavy atom. The van der Waals surface area contributed by atoms with Gasteiger partial charge in [-0.1, -0.05) is 6.08 Å². The van der Waals surface area contributed by atoms with E-state index < -0.39 is 15.8 Å². The largest absolute Gasteiger partial charge is 0.466 e. The lowest BCUT2D eigenvalue weighted by molar-refractivity contribution is -0.134. The number of rotatable bonds is 6. The van der Waals surface area contributed by atoms with Crippen LogP contribution in [0.5, 0.6) is 0 Å². The highest BCUT2D eigenvalue weighted by Gasteiger charge is 2.07. The summed E-state index contributed by atoms with van der Waals surface area (Å²) in [5, 5.41) is 0. The molecular weight excluding hydrogens is 206 g/mol. The molecule has 0 aromatic carbocycles. The van der Waals surface area contributed by atoms with Gasteiger partial charge >= 0.3 is 5.97 Å². The van der Waals surface area contributed by atoms with Crippen molar-refractivity contribution in [1.29, 1.82) is 0 Å². The van der Waals surface area contributed by atoms with E-state index in [2.05, 4.69) is 4.74 Å². The van der Waals surface area contributed by atoms with Crippen LogP contribution in [0, 0.1) is 0 Å². The van der Waals surface area contributed by atoms with E-state index >= 15 is 0 Å². The number of esters is 1. The zero-order chi connectivity index (χ0) is 11.0. The molecule has 0 fully saturated rings. The highest BCUT2D eigenvalue weighted by Crippen LogP contribution is 1.94.